The maximum Gasteiger partial charge on any atom is 0.311 e. The molecule has 0 aromatic carbocycles. The van der Waals surface area contributed by atoms with Gasteiger partial charge in [0.25, 0.3) is 10.0 Å². The summed E-state index contributed by atoms with van der Waals surface area (Å²) in [6, 6.07) is 3.23. The van der Waals surface area contributed by atoms with Crippen LogP contribution in [0.4, 0.5) is 0 Å². The number of nitrogens with zero attached hydrogens (tertiary/aromatic N) is 1. The molecular weight excluding hydrogens is 366 g/mol. The fourth-order valence-corrected chi connectivity index (χ4v) is 6.26. The van der Waals surface area contributed by atoms with Crippen LogP contribution >= 0.6 is 27.3 Å². The van der Waals surface area contributed by atoms with E-state index in [1.54, 1.807) is 12.1 Å². The van der Waals surface area contributed by atoms with E-state index in [0.717, 1.165) is 21.5 Å². The molecule has 1 aliphatic rings. The maximum absolute atomic E-state index is 12.5. The van der Waals surface area contributed by atoms with E-state index in [1.807, 2.05) is 6.92 Å². The van der Waals surface area contributed by atoms with Crippen LogP contribution < -0.4 is 0 Å². The summed E-state index contributed by atoms with van der Waals surface area (Å²) in [7, 11) is -3.58. The van der Waals surface area contributed by atoms with Gasteiger partial charge in [-0.3, -0.25) is 4.79 Å². The van der Waals surface area contributed by atoms with Crippen molar-refractivity contribution in [3.05, 3.63) is 15.9 Å². The van der Waals surface area contributed by atoms with Crippen LogP contribution in [0.2, 0.25) is 0 Å². The average molecular weight is 382 g/mol. The van der Waals surface area contributed by atoms with Crippen molar-refractivity contribution in [3.8, 4) is 0 Å². The van der Waals surface area contributed by atoms with E-state index in [1.165, 1.54) is 4.31 Å². The van der Waals surface area contributed by atoms with Crippen molar-refractivity contribution in [2.75, 3.05) is 13.1 Å². The van der Waals surface area contributed by atoms with Gasteiger partial charge in [-0.1, -0.05) is 13.3 Å². The van der Waals surface area contributed by atoms with Gasteiger partial charge in [0.05, 0.1) is 9.20 Å². The van der Waals surface area contributed by atoms with Gasteiger partial charge in [-0.2, -0.15) is 4.31 Å². The first-order chi connectivity index (χ1) is 9.32. The van der Waals surface area contributed by atoms with Crippen molar-refractivity contribution < 1.29 is 18.3 Å². The topological polar surface area (TPSA) is 74.7 Å². The third-order valence-electron chi connectivity index (χ3n) is 3.64. The molecule has 1 aromatic rings. The van der Waals surface area contributed by atoms with E-state index in [9.17, 15) is 18.3 Å². The second-order valence-electron chi connectivity index (χ2n) is 4.98. The zero-order valence-corrected chi connectivity index (χ0v) is 14.2. The second-order valence-corrected chi connectivity index (χ2v) is 9.61. The highest BCUT2D eigenvalue weighted by Gasteiger charge is 2.47. The zero-order chi connectivity index (χ0) is 15.0. The van der Waals surface area contributed by atoms with Gasteiger partial charge >= 0.3 is 5.97 Å². The fourth-order valence-electron chi connectivity index (χ4n) is 2.57. The molecular formula is C12H16BrNO4S2. The van der Waals surface area contributed by atoms with Crippen molar-refractivity contribution >= 4 is 43.3 Å². The van der Waals surface area contributed by atoms with Crippen LogP contribution in [0.3, 0.4) is 0 Å². The molecule has 0 radical (unpaired) electrons. The summed E-state index contributed by atoms with van der Waals surface area (Å²) >= 11 is 4.39. The summed E-state index contributed by atoms with van der Waals surface area (Å²) in [4.78, 5) is 11.5. The Balaban J connectivity index is 2.26. The van der Waals surface area contributed by atoms with E-state index in [4.69, 9.17) is 0 Å². The van der Waals surface area contributed by atoms with Crippen LogP contribution in [-0.2, 0) is 14.8 Å². The number of hydrogen-bond acceptors (Lipinski definition) is 4. The first-order valence-corrected chi connectivity index (χ1v) is 9.36. The third kappa shape index (κ3) is 2.79. The van der Waals surface area contributed by atoms with Crippen LogP contribution in [-0.4, -0.2) is 36.9 Å². The molecule has 0 spiro atoms. The number of halogens is 1. The molecule has 8 heteroatoms. The average Bonchev–Trinajstić information content (AvgIpc) is 2.97. The number of sulfonamides is 1. The number of hydrogen-bond donors (Lipinski definition) is 1. The normalized spacial score (nSPS) is 24.1. The lowest BCUT2D eigenvalue weighted by Crippen LogP contribution is -2.36. The monoisotopic (exact) mass is 381 g/mol. The highest BCUT2D eigenvalue weighted by Crippen LogP contribution is 2.39. The summed E-state index contributed by atoms with van der Waals surface area (Å²) in [5.41, 5.74) is -0.934. The van der Waals surface area contributed by atoms with Crippen LogP contribution in [0.25, 0.3) is 0 Å². The molecule has 1 N–H and O–H groups in total. The Hall–Kier alpha value is -0.440. The number of carboxylic acid groups (broad SMARTS) is 1. The standard InChI is InChI=1S/C12H16BrNO4S2/c1-2-5-12(11(15)16)6-7-14(8-12)20(17,18)10-4-3-9(13)19-10/h3-4H,2,5-8H2,1H3,(H,15,16). The number of carbonyl (C=O) groups is 1. The predicted octanol–water partition coefficient (Wildman–Crippen LogP) is 2.78. The lowest BCUT2D eigenvalue weighted by atomic mass is 9.83. The van der Waals surface area contributed by atoms with E-state index < -0.39 is 21.4 Å². The molecule has 5 nitrogen and oxygen atoms in total. The van der Waals surface area contributed by atoms with Crippen molar-refractivity contribution in [1.29, 1.82) is 0 Å². The molecule has 1 aromatic heterocycles. The lowest BCUT2D eigenvalue weighted by Gasteiger charge is -2.23. The van der Waals surface area contributed by atoms with E-state index in [0.29, 0.717) is 12.8 Å². The van der Waals surface area contributed by atoms with Gasteiger partial charge in [-0.05, 0) is 40.9 Å². The molecule has 20 heavy (non-hydrogen) atoms. The van der Waals surface area contributed by atoms with Gasteiger partial charge in [-0.25, -0.2) is 8.42 Å². The van der Waals surface area contributed by atoms with Crippen LogP contribution in [0.15, 0.2) is 20.1 Å². The molecule has 0 saturated carbocycles. The first-order valence-electron chi connectivity index (χ1n) is 6.31. The Morgan fingerprint density at radius 2 is 2.25 bits per heavy atom. The van der Waals surface area contributed by atoms with Crippen molar-refractivity contribution in [2.45, 2.75) is 30.4 Å². The smallest absolute Gasteiger partial charge is 0.311 e. The molecule has 0 bridgehead atoms. The Morgan fingerprint density at radius 3 is 2.75 bits per heavy atom. The van der Waals surface area contributed by atoms with Crippen molar-refractivity contribution in [2.24, 2.45) is 5.41 Å². The van der Waals surface area contributed by atoms with Crippen LogP contribution in [0.5, 0.6) is 0 Å². The van der Waals surface area contributed by atoms with Crippen molar-refractivity contribution in [1.82, 2.24) is 4.31 Å². The van der Waals surface area contributed by atoms with Gasteiger partial charge in [-0.15, -0.1) is 11.3 Å². The number of carboxylic acids is 1. The van der Waals surface area contributed by atoms with Crippen molar-refractivity contribution in [3.63, 3.8) is 0 Å². The molecule has 2 heterocycles. The summed E-state index contributed by atoms with van der Waals surface area (Å²) in [5, 5.41) is 9.43. The number of rotatable bonds is 5. The molecule has 1 unspecified atom stereocenters. The zero-order valence-electron chi connectivity index (χ0n) is 11.0. The molecule has 0 aliphatic carbocycles. The number of aliphatic carboxylic acids is 1. The highest BCUT2D eigenvalue weighted by molar-refractivity contribution is 9.11. The Labute approximate surface area is 130 Å². The molecule has 112 valence electrons. The highest BCUT2D eigenvalue weighted by atomic mass is 79.9. The molecule has 0 amide bonds. The van der Waals surface area contributed by atoms with Gasteiger partial charge < -0.3 is 5.11 Å². The minimum atomic E-state index is -3.58. The summed E-state index contributed by atoms with van der Waals surface area (Å²) in [6.45, 7) is 2.25. The Kier molecular flexibility index (Phi) is 4.58. The van der Waals surface area contributed by atoms with Gasteiger partial charge in [0.15, 0.2) is 0 Å². The van der Waals surface area contributed by atoms with Gasteiger partial charge in [0.2, 0.25) is 0 Å². The quantitative estimate of drug-likeness (QED) is 0.850. The third-order valence-corrected chi connectivity index (χ3v) is 7.58. The van der Waals surface area contributed by atoms with E-state index in [2.05, 4.69) is 15.9 Å². The second kappa shape index (κ2) is 5.75. The van der Waals surface area contributed by atoms with Crippen LogP contribution in [0.1, 0.15) is 26.2 Å². The first kappa shape index (κ1) is 15.9. The molecule has 2 rings (SSSR count). The summed E-state index contributed by atoms with van der Waals surface area (Å²) in [6.07, 6.45) is 1.61. The summed E-state index contributed by atoms with van der Waals surface area (Å²) in [5.74, 6) is -0.899. The molecule has 1 atom stereocenters. The largest absolute Gasteiger partial charge is 0.481 e. The lowest BCUT2D eigenvalue weighted by molar-refractivity contribution is -0.148. The number of thiophene rings is 1. The van der Waals surface area contributed by atoms with E-state index >= 15 is 0 Å². The summed E-state index contributed by atoms with van der Waals surface area (Å²) < 4.78 is 27.3. The molecule has 1 saturated heterocycles. The van der Waals surface area contributed by atoms with Gasteiger partial charge in [0.1, 0.15) is 4.21 Å². The van der Waals surface area contributed by atoms with Gasteiger partial charge in [0, 0.05) is 13.1 Å². The fraction of sp³-hybridized carbons (Fsp3) is 0.583. The Morgan fingerprint density at radius 1 is 1.55 bits per heavy atom. The minimum absolute atomic E-state index is 0.0635. The van der Waals surface area contributed by atoms with E-state index in [-0.39, 0.29) is 17.3 Å². The SMILES string of the molecule is CCCC1(C(=O)O)CCN(S(=O)(=O)c2ccc(Br)s2)C1. The Bertz CT molecular complexity index is 613. The molecule has 1 aliphatic heterocycles. The minimum Gasteiger partial charge on any atom is -0.481 e. The van der Waals surface area contributed by atoms with Crippen LogP contribution in [0, 0.1) is 5.41 Å². The maximum atomic E-state index is 12.5. The molecule has 1 fully saturated rings. The predicted molar refractivity (Wildman–Crippen MR) is 80.4 cm³/mol.